The quantitative estimate of drug-likeness (QED) is 0.854. The highest BCUT2D eigenvalue weighted by molar-refractivity contribution is 5.95. The second-order valence-electron chi connectivity index (χ2n) is 5.06. The monoisotopic (exact) mass is 354 g/mol. The summed E-state index contributed by atoms with van der Waals surface area (Å²) in [6, 6.07) is 6.24. The van der Waals surface area contributed by atoms with Crippen molar-refractivity contribution >= 4 is 17.6 Å². The number of nitrogens with one attached hydrogen (secondary N) is 1. The van der Waals surface area contributed by atoms with Crippen LogP contribution in [0.3, 0.4) is 0 Å². The molecule has 1 amide bonds. The van der Waals surface area contributed by atoms with E-state index in [0.29, 0.717) is 0 Å². The third-order valence-electron chi connectivity index (χ3n) is 3.17. The number of esters is 1. The smallest absolute Gasteiger partial charge is 0.416 e. The van der Waals surface area contributed by atoms with Gasteiger partial charge in [0.15, 0.2) is 6.61 Å². The van der Waals surface area contributed by atoms with Gasteiger partial charge in [-0.25, -0.2) is 4.79 Å². The number of amides is 1. The Balaban J connectivity index is 1.91. The Labute approximate surface area is 139 Å². The van der Waals surface area contributed by atoms with Gasteiger partial charge in [0.25, 0.3) is 11.5 Å². The lowest BCUT2D eigenvalue weighted by molar-refractivity contribution is -0.137. The number of alkyl halides is 3. The van der Waals surface area contributed by atoms with Gasteiger partial charge in [-0.05, 0) is 30.3 Å². The zero-order chi connectivity index (χ0) is 18.6. The van der Waals surface area contributed by atoms with E-state index in [2.05, 4.69) is 5.32 Å². The van der Waals surface area contributed by atoms with Crippen LogP contribution in [0.15, 0.2) is 47.4 Å². The molecule has 1 aromatic heterocycles. The number of rotatable bonds is 4. The van der Waals surface area contributed by atoms with Crippen molar-refractivity contribution < 1.29 is 27.5 Å². The molecule has 0 saturated heterocycles. The average molecular weight is 354 g/mol. The van der Waals surface area contributed by atoms with Gasteiger partial charge in [-0.15, -0.1) is 0 Å². The van der Waals surface area contributed by atoms with Gasteiger partial charge in [0.05, 0.1) is 11.1 Å². The third kappa shape index (κ3) is 4.93. The molecular weight excluding hydrogens is 341 g/mol. The number of carbonyl (C=O) groups is 2. The van der Waals surface area contributed by atoms with Crippen LogP contribution < -0.4 is 10.9 Å². The second-order valence-corrected chi connectivity index (χ2v) is 5.06. The normalized spacial score (nSPS) is 11.0. The summed E-state index contributed by atoms with van der Waals surface area (Å²) in [4.78, 5) is 34.8. The first-order chi connectivity index (χ1) is 11.7. The highest BCUT2D eigenvalue weighted by Crippen LogP contribution is 2.29. The number of aromatic nitrogens is 1. The number of anilines is 1. The summed E-state index contributed by atoms with van der Waals surface area (Å²) in [7, 11) is 1.51. The van der Waals surface area contributed by atoms with E-state index in [0.717, 1.165) is 30.3 Å². The number of halogens is 3. The van der Waals surface area contributed by atoms with Gasteiger partial charge in [-0.3, -0.25) is 9.59 Å². The molecule has 0 radical (unpaired) electrons. The minimum absolute atomic E-state index is 0.00886. The Bertz CT molecular complexity index is 842. The van der Waals surface area contributed by atoms with Crippen LogP contribution in [0.1, 0.15) is 15.9 Å². The fourth-order valence-corrected chi connectivity index (χ4v) is 1.83. The van der Waals surface area contributed by atoms with Crippen LogP contribution in [0.25, 0.3) is 0 Å². The van der Waals surface area contributed by atoms with Gasteiger partial charge >= 0.3 is 12.1 Å². The molecule has 0 aliphatic heterocycles. The van der Waals surface area contributed by atoms with E-state index in [-0.39, 0.29) is 11.3 Å². The van der Waals surface area contributed by atoms with Crippen LogP contribution in [0, 0.1) is 0 Å². The summed E-state index contributed by atoms with van der Waals surface area (Å²) >= 11 is 0. The van der Waals surface area contributed by atoms with Crippen molar-refractivity contribution in [3.8, 4) is 0 Å². The fraction of sp³-hybridized carbons (Fsp3) is 0.188. The predicted octanol–water partition coefficient (Wildman–Crippen LogP) is 2.20. The molecule has 2 aromatic rings. The Morgan fingerprint density at radius 1 is 1.16 bits per heavy atom. The second kappa shape index (κ2) is 7.20. The summed E-state index contributed by atoms with van der Waals surface area (Å²) in [6.45, 7) is -0.644. The summed E-state index contributed by atoms with van der Waals surface area (Å²) < 4.78 is 43.3. The molecule has 1 aromatic carbocycles. The largest absolute Gasteiger partial charge is 0.452 e. The molecule has 1 heterocycles. The Hall–Kier alpha value is -3.10. The van der Waals surface area contributed by atoms with E-state index in [1.807, 2.05) is 0 Å². The number of hydrogen-bond acceptors (Lipinski definition) is 4. The van der Waals surface area contributed by atoms with Gasteiger partial charge in [-0.2, -0.15) is 13.2 Å². The standard InChI is InChI=1S/C16H13F3N2O4/c1-21-7-6-10(8-14(21)23)15(24)25-9-13(22)20-12-4-2-11(3-5-12)16(17,18)19/h2-8H,9H2,1H3,(H,20,22). The SMILES string of the molecule is Cn1ccc(C(=O)OCC(=O)Nc2ccc(C(F)(F)F)cc2)cc1=O. The lowest BCUT2D eigenvalue weighted by atomic mass is 10.2. The molecule has 1 N–H and O–H groups in total. The molecule has 0 aliphatic carbocycles. The Kier molecular flexibility index (Phi) is 5.26. The molecule has 6 nitrogen and oxygen atoms in total. The zero-order valence-corrected chi connectivity index (χ0v) is 13.0. The minimum atomic E-state index is -4.47. The van der Waals surface area contributed by atoms with Crippen LogP contribution in [0.5, 0.6) is 0 Å². The first kappa shape index (κ1) is 18.2. The Morgan fingerprint density at radius 3 is 2.36 bits per heavy atom. The molecule has 9 heteroatoms. The lowest BCUT2D eigenvalue weighted by Gasteiger charge is -2.09. The fourth-order valence-electron chi connectivity index (χ4n) is 1.83. The summed E-state index contributed by atoms with van der Waals surface area (Å²) in [5, 5.41) is 2.30. The molecule has 0 spiro atoms. The van der Waals surface area contributed by atoms with Crippen molar-refractivity contribution in [2.75, 3.05) is 11.9 Å². The lowest BCUT2D eigenvalue weighted by Crippen LogP contribution is -2.22. The topological polar surface area (TPSA) is 77.4 Å². The van der Waals surface area contributed by atoms with Crippen molar-refractivity contribution in [2.24, 2.45) is 7.05 Å². The van der Waals surface area contributed by atoms with Crippen LogP contribution in [-0.2, 0) is 22.8 Å². The van der Waals surface area contributed by atoms with Gasteiger partial charge in [0.2, 0.25) is 0 Å². The summed E-state index contributed by atoms with van der Waals surface area (Å²) in [5.74, 6) is -1.59. The van der Waals surface area contributed by atoms with Gasteiger partial charge in [-0.1, -0.05) is 0 Å². The number of nitrogens with zero attached hydrogens (tertiary/aromatic N) is 1. The first-order valence-corrected chi connectivity index (χ1v) is 6.98. The van der Waals surface area contributed by atoms with E-state index in [1.54, 1.807) is 0 Å². The summed E-state index contributed by atoms with van der Waals surface area (Å²) in [6.07, 6.45) is -3.09. The number of benzene rings is 1. The molecule has 0 bridgehead atoms. The van der Waals surface area contributed by atoms with Crippen molar-refractivity contribution in [1.29, 1.82) is 0 Å². The van der Waals surface area contributed by atoms with Crippen LogP contribution in [0.2, 0.25) is 0 Å². The minimum Gasteiger partial charge on any atom is -0.452 e. The average Bonchev–Trinajstić information content (AvgIpc) is 2.55. The van der Waals surface area contributed by atoms with E-state index in [1.165, 1.54) is 23.9 Å². The molecule has 0 saturated carbocycles. The maximum atomic E-state index is 12.4. The maximum Gasteiger partial charge on any atom is 0.416 e. The molecule has 0 unspecified atom stereocenters. The molecule has 132 valence electrons. The third-order valence-corrected chi connectivity index (χ3v) is 3.17. The van der Waals surface area contributed by atoms with Crippen LogP contribution in [0.4, 0.5) is 18.9 Å². The summed E-state index contributed by atoms with van der Waals surface area (Å²) in [5.41, 5.74) is -1.14. The molecule has 2 rings (SSSR count). The van der Waals surface area contributed by atoms with Crippen molar-refractivity contribution in [3.05, 3.63) is 64.1 Å². The van der Waals surface area contributed by atoms with E-state index in [9.17, 15) is 27.6 Å². The number of carbonyl (C=O) groups excluding carboxylic acids is 2. The number of pyridine rings is 1. The van der Waals surface area contributed by atoms with Crippen molar-refractivity contribution in [3.63, 3.8) is 0 Å². The van der Waals surface area contributed by atoms with Crippen molar-refractivity contribution in [1.82, 2.24) is 4.57 Å². The Morgan fingerprint density at radius 2 is 1.80 bits per heavy atom. The molecule has 25 heavy (non-hydrogen) atoms. The zero-order valence-electron chi connectivity index (χ0n) is 13.0. The predicted molar refractivity (Wildman–Crippen MR) is 82.0 cm³/mol. The maximum absolute atomic E-state index is 12.4. The first-order valence-electron chi connectivity index (χ1n) is 6.98. The number of hydrogen-bond donors (Lipinski definition) is 1. The van der Waals surface area contributed by atoms with Crippen molar-refractivity contribution in [2.45, 2.75) is 6.18 Å². The van der Waals surface area contributed by atoms with Gasteiger partial charge < -0.3 is 14.6 Å². The molecule has 0 aliphatic rings. The highest BCUT2D eigenvalue weighted by atomic mass is 19.4. The van der Waals surface area contributed by atoms with Crippen LogP contribution >= 0.6 is 0 Å². The molecule has 0 atom stereocenters. The molecular formula is C16H13F3N2O4. The highest BCUT2D eigenvalue weighted by Gasteiger charge is 2.30. The van der Waals surface area contributed by atoms with Gasteiger partial charge in [0.1, 0.15) is 0 Å². The van der Waals surface area contributed by atoms with E-state index >= 15 is 0 Å². The number of aryl methyl sites for hydroxylation is 1. The van der Waals surface area contributed by atoms with E-state index in [4.69, 9.17) is 4.74 Å². The number of ether oxygens (including phenoxy) is 1. The van der Waals surface area contributed by atoms with Gasteiger partial charge in [0, 0.05) is 25.0 Å². The van der Waals surface area contributed by atoms with Crippen LogP contribution in [-0.4, -0.2) is 23.1 Å². The molecule has 0 fully saturated rings. The van der Waals surface area contributed by atoms with E-state index < -0.39 is 35.8 Å².